The summed E-state index contributed by atoms with van der Waals surface area (Å²) >= 11 is 5.91. The number of ether oxygens (including phenoxy) is 2. The van der Waals surface area contributed by atoms with Gasteiger partial charge in [-0.25, -0.2) is 13.8 Å². The van der Waals surface area contributed by atoms with Crippen molar-refractivity contribution in [1.82, 2.24) is 14.6 Å². The van der Waals surface area contributed by atoms with Gasteiger partial charge >= 0.3 is 19.4 Å². The van der Waals surface area contributed by atoms with Gasteiger partial charge in [-0.2, -0.15) is 5.09 Å². The van der Waals surface area contributed by atoms with E-state index in [1.54, 1.807) is 32.0 Å². The highest BCUT2D eigenvalue weighted by Crippen LogP contribution is 2.48. The lowest BCUT2D eigenvalue weighted by molar-refractivity contribution is -0.149. The van der Waals surface area contributed by atoms with E-state index in [0.717, 1.165) is 6.20 Å². The Morgan fingerprint density at radius 1 is 1.32 bits per heavy atom. The molecule has 2 aromatic rings. The van der Waals surface area contributed by atoms with Gasteiger partial charge in [-0.3, -0.25) is 23.7 Å². The summed E-state index contributed by atoms with van der Waals surface area (Å²) in [4.78, 5) is 38.2. The quantitative estimate of drug-likeness (QED) is 0.222. The molecule has 1 aliphatic heterocycles. The highest BCUT2D eigenvalue weighted by atomic mass is 35.5. The molecule has 0 saturated carbocycles. The molecule has 15 heteroatoms. The average molecular weight is 564 g/mol. The van der Waals surface area contributed by atoms with Crippen LogP contribution in [0, 0.1) is 6.92 Å². The number of aryl methyl sites for hydroxylation is 1. The van der Waals surface area contributed by atoms with Gasteiger partial charge in [-0.15, -0.1) is 0 Å². The standard InChI is InChI=1S/C22H28ClFN3O9P/c1-12(2)34-19(30)14(4)26-37(32,36-15-8-6-5-7-9-15)33-11-16-17(28)22(23,24)20(35-16)27-10-13(3)18(29)25-21(27)31/h5-10,12,14,16-17,20,28H,11H2,1-4H3,(H,26,32)(H,25,29,31)/t14-,16-,17-,20-,22-,37?/m1/s1. The molecular weight excluding hydrogens is 536 g/mol. The molecule has 1 aliphatic rings. The molecule has 3 N–H and O–H groups in total. The van der Waals surface area contributed by atoms with Crippen LogP contribution in [0.5, 0.6) is 5.75 Å². The first kappa shape index (κ1) is 29.0. The van der Waals surface area contributed by atoms with Crippen LogP contribution in [0.4, 0.5) is 4.39 Å². The van der Waals surface area contributed by atoms with Crippen molar-refractivity contribution in [3.8, 4) is 5.75 Å². The maximum absolute atomic E-state index is 15.3. The first-order valence-electron chi connectivity index (χ1n) is 11.2. The Balaban J connectivity index is 1.82. The Bertz CT molecular complexity index is 1270. The second-order valence-corrected chi connectivity index (χ2v) is 10.9. The van der Waals surface area contributed by atoms with Crippen LogP contribution < -0.4 is 20.9 Å². The van der Waals surface area contributed by atoms with Crippen LogP contribution in [0.1, 0.15) is 32.6 Å². The fraction of sp³-hybridized carbons (Fsp3) is 0.500. The van der Waals surface area contributed by atoms with Crippen molar-refractivity contribution in [2.24, 2.45) is 0 Å². The van der Waals surface area contributed by atoms with Crippen LogP contribution in [0.25, 0.3) is 0 Å². The van der Waals surface area contributed by atoms with Crippen LogP contribution >= 0.6 is 19.3 Å². The third-order valence-corrected chi connectivity index (χ3v) is 7.27. The van der Waals surface area contributed by atoms with Gasteiger partial charge in [-0.1, -0.05) is 29.8 Å². The molecule has 3 rings (SSSR count). The van der Waals surface area contributed by atoms with Crippen molar-refractivity contribution < 1.29 is 37.4 Å². The Hall–Kier alpha value is -2.54. The second-order valence-electron chi connectivity index (χ2n) is 8.66. The predicted molar refractivity (Wildman–Crippen MR) is 130 cm³/mol. The van der Waals surface area contributed by atoms with Gasteiger partial charge in [0, 0.05) is 11.8 Å². The third kappa shape index (κ3) is 6.86. The number of benzene rings is 1. The number of aliphatic hydroxyl groups excluding tert-OH is 1. The smallest absolute Gasteiger partial charge is 0.459 e. The van der Waals surface area contributed by atoms with Crippen LogP contribution in [0.15, 0.2) is 46.1 Å². The van der Waals surface area contributed by atoms with E-state index >= 15 is 4.39 Å². The zero-order valence-corrected chi connectivity index (χ0v) is 22.1. The molecule has 2 heterocycles. The molecule has 0 spiro atoms. The van der Waals surface area contributed by atoms with E-state index in [9.17, 15) is 24.1 Å². The highest BCUT2D eigenvalue weighted by molar-refractivity contribution is 7.52. The van der Waals surface area contributed by atoms with Gasteiger partial charge in [0.05, 0.1) is 12.7 Å². The SMILES string of the molecule is Cc1cn([C@@H]2O[C@H](COP(=O)(N[C@H](C)C(=O)OC(C)C)Oc3ccccc3)[C@@H](O)[C@]2(F)Cl)c(=O)[nH]c1=O. The predicted octanol–water partition coefficient (Wildman–Crippen LogP) is 2.14. The molecule has 12 nitrogen and oxygen atoms in total. The minimum atomic E-state index is -4.35. The number of aromatic amines is 1. The Labute approximate surface area is 216 Å². The van der Waals surface area contributed by atoms with Crippen LogP contribution in [0.3, 0.4) is 0 Å². The van der Waals surface area contributed by atoms with Gasteiger partial charge in [0.2, 0.25) is 0 Å². The van der Waals surface area contributed by atoms with E-state index < -0.39 is 67.3 Å². The number of carbonyl (C=O) groups excluding carboxylic acids is 1. The zero-order chi connectivity index (χ0) is 27.5. The molecule has 204 valence electrons. The summed E-state index contributed by atoms with van der Waals surface area (Å²) in [6.45, 7) is 5.31. The molecule has 1 fully saturated rings. The van der Waals surface area contributed by atoms with E-state index in [1.807, 2.05) is 4.98 Å². The highest BCUT2D eigenvalue weighted by Gasteiger charge is 2.58. The van der Waals surface area contributed by atoms with Gasteiger partial charge < -0.3 is 19.1 Å². The number of para-hydroxylation sites is 1. The normalized spacial score (nSPS) is 26.0. The molecule has 0 amide bonds. The lowest BCUT2D eigenvalue weighted by atomic mass is 10.1. The number of nitrogens with one attached hydrogen (secondary N) is 2. The number of carbonyl (C=O) groups is 1. The Morgan fingerprint density at radius 3 is 2.59 bits per heavy atom. The van der Waals surface area contributed by atoms with Crippen molar-refractivity contribution >= 4 is 25.3 Å². The minimum absolute atomic E-state index is 0.0667. The molecular formula is C22H28ClFN3O9P. The molecule has 6 atom stereocenters. The minimum Gasteiger partial charge on any atom is -0.462 e. The van der Waals surface area contributed by atoms with Gasteiger partial charge in [0.1, 0.15) is 24.0 Å². The van der Waals surface area contributed by atoms with Crippen molar-refractivity contribution in [3.05, 3.63) is 62.9 Å². The van der Waals surface area contributed by atoms with E-state index in [-0.39, 0.29) is 11.3 Å². The lowest BCUT2D eigenvalue weighted by Crippen LogP contribution is -2.42. The van der Waals surface area contributed by atoms with E-state index in [0.29, 0.717) is 4.57 Å². The number of alkyl halides is 2. The van der Waals surface area contributed by atoms with Crippen molar-refractivity contribution in [3.63, 3.8) is 0 Å². The van der Waals surface area contributed by atoms with E-state index in [2.05, 4.69) is 5.09 Å². The molecule has 1 aromatic carbocycles. The third-order valence-electron chi connectivity index (χ3n) is 5.21. The Kier molecular flexibility index (Phi) is 8.99. The number of rotatable bonds is 10. The first-order chi connectivity index (χ1) is 17.2. The Morgan fingerprint density at radius 2 is 1.97 bits per heavy atom. The fourth-order valence-corrected chi connectivity index (χ4v) is 5.17. The van der Waals surface area contributed by atoms with Crippen molar-refractivity contribution in [1.29, 1.82) is 0 Å². The summed E-state index contributed by atoms with van der Waals surface area (Å²) in [7, 11) is -4.35. The molecule has 0 bridgehead atoms. The summed E-state index contributed by atoms with van der Waals surface area (Å²) < 4.78 is 51.1. The van der Waals surface area contributed by atoms with Gasteiger partial charge in [0.15, 0.2) is 6.23 Å². The maximum Gasteiger partial charge on any atom is 0.459 e. The number of aliphatic hydroxyl groups is 1. The fourth-order valence-electron chi connectivity index (χ4n) is 3.37. The maximum atomic E-state index is 15.3. The summed E-state index contributed by atoms with van der Waals surface area (Å²) in [5, 5.41) is 9.93. The summed E-state index contributed by atoms with van der Waals surface area (Å²) in [6.07, 6.45) is -4.84. The number of esters is 1. The summed E-state index contributed by atoms with van der Waals surface area (Å²) in [5.41, 5.74) is -1.64. The molecule has 1 aromatic heterocycles. The zero-order valence-electron chi connectivity index (χ0n) is 20.4. The van der Waals surface area contributed by atoms with Gasteiger partial charge in [-0.05, 0) is 39.8 Å². The van der Waals surface area contributed by atoms with Crippen LogP contribution in [-0.4, -0.2) is 56.7 Å². The molecule has 1 saturated heterocycles. The molecule has 0 aliphatic carbocycles. The molecule has 37 heavy (non-hydrogen) atoms. The monoisotopic (exact) mass is 563 g/mol. The number of hydrogen-bond acceptors (Lipinski definition) is 9. The van der Waals surface area contributed by atoms with E-state index in [1.165, 1.54) is 26.0 Å². The summed E-state index contributed by atoms with van der Waals surface area (Å²) in [5.74, 6) is -0.606. The number of halogens is 2. The van der Waals surface area contributed by atoms with Crippen molar-refractivity contribution in [2.45, 2.75) is 63.4 Å². The van der Waals surface area contributed by atoms with Crippen LogP contribution in [0.2, 0.25) is 0 Å². The number of hydrogen-bond donors (Lipinski definition) is 3. The topological polar surface area (TPSA) is 158 Å². The largest absolute Gasteiger partial charge is 0.462 e. The number of H-pyrrole nitrogens is 1. The van der Waals surface area contributed by atoms with Crippen LogP contribution in [-0.2, 0) is 23.4 Å². The van der Waals surface area contributed by atoms with E-state index in [4.69, 9.17) is 30.1 Å². The first-order valence-corrected chi connectivity index (χ1v) is 13.2. The second kappa shape index (κ2) is 11.5. The van der Waals surface area contributed by atoms with Gasteiger partial charge in [0.25, 0.3) is 10.7 Å². The molecule has 0 radical (unpaired) electrons. The van der Waals surface area contributed by atoms with Crippen molar-refractivity contribution in [2.75, 3.05) is 6.61 Å². The molecule has 1 unspecified atom stereocenters. The average Bonchev–Trinajstić information content (AvgIpc) is 3.03. The number of aromatic nitrogens is 2. The lowest BCUT2D eigenvalue weighted by Gasteiger charge is -2.25. The number of nitrogens with zero attached hydrogens (tertiary/aromatic N) is 1. The summed E-state index contributed by atoms with van der Waals surface area (Å²) in [6, 6.07) is 6.75.